The minimum Gasteiger partial charge on any atom is -0.294 e. The van der Waals surface area contributed by atoms with Crippen LogP contribution in [0.25, 0.3) is 0 Å². The van der Waals surface area contributed by atoms with E-state index in [1.54, 1.807) is 12.1 Å². The van der Waals surface area contributed by atoms with E-state index < -0.39 is 0 Å². The Morgan fingerprint density at radius 3 is 2.57 bits per heavy atom. The lowest BCUT2D eigenvalue weighted by Crippen LogP contribution is -2.07. The van der Waals surface area contributed by atoms with Gasteiger partial charge in [-0.2, -0.15) is 0 Å². The van der Waals surface area contributed by atoms with Crippen molar-refractivity contribution in [3.63, 3.8) is 0 Å². The van der Waals surface area contributed by atoms with Crippen molar-refractivity contribution < 1.29 is 4.79 Å². The summed E-state index contributed by atoms with van der Waals surface area (Å²) < 4.78 is 0. The highest BCUT2D eigenvalue weighted by atomic mass is 35.5. The lowest BCUT2D eigenvalue weighted by molar-refractivity contribution is 0.0939. The Hall–Kier alpha value is -0.820. The molecular weight excluding hydrogens is 196 g/mol. The van der Waals surface area contributed by atoms with Gasteiger partial charge in [0.05, 0.1) is 0 Å². The van der Waals surface area contributed by atoms with Crippen LogP contribution in [0.5, 0.6) is 0 Å². The smallest absolute Gasteiger partial charge is 0.165 e. The van der Waals surface area contributed by atoms with E-state index in [-0.39, 0.29) is 11.7 Å². The average Bonchev–Trinajstić information content (AvgIpc) is 2.17. The molecule has 0 radical (unpaired) electrons. The van der Waals surface area contributed by atoms with Crippen LogP contribution in [0, 0.1) is 5.92 Å². The Labute approximate surface area is 90.1 Å². The maximum Gasteiger partial charge on any atom is 0.165 e. The summed E-state index contributed by atoms with van der Waals surface area (Å²) in [5, 5.41) is 0.743. The van der Waals surface area contributed by atoms with Crippen LogP contribution in [0.2, 0.25) is 5.02 Å². The number of ketones is 1. The summed E-state index contributed by atoms with van der Waals surface area (Å²) in [6, 6.07) is 5.49. The van der Waals surface area contributed by atoms with Crippen LogP contribution in [0.1, 0.15) is 36.7 Å². The number of aryl methyl sites for hydroxylation is 1. The average molecular weight is 211 g/mol. The second-order valence-electron chi connectivity index (χ2n) is 3.68. The molecule has 0 aliphatic rings. The molecule has 76 valence electrons. The van der Waals surface area contributed by atoms with Gasteiger partial charge in [0.25, 0.3) is 0 Å². The van der Waals surface area contributed by atoms with Crippen LogP contribution in [-0.4, -0.2) is 5.78 Å². The van der Waals surface area contributed by atoms with Crippen LogP contribution in [-0.2, 0) is 6.42 Å². The Bertz CT molecular complexity index is 342. The first-order chi connectivity index (χ1) is 6.56. The molecule has 0 aliphatic carbocycles. The van der Waals surface area contributed by atoms with Gasteiger partial charge in [0.15, 0.2) is 5.78 Å². The maximum atomic E-state index is 11.7. The number of benzene rings is 1. The number of hydrogen-bond acceptors (Lipinski definition) is 1. The maximum absolute atomic E-state index is 11.7. The predicted molar refractivity (Wildman–Crippen MR) is 60.0 cm³/mol. The molecule has 1 aromatic rings. The molecule has 0 fully saturated rings. The standard InChI is InChI=1S/C12H15ClO/c1-4-9-7-10(5-6-11(9)13)12(14)8(2)3/h5-8H,4H2,1-3H3. The zero-order chi connectivity index (χ0) is 10.7. The molecule has 0 aliphatic heterocycles. The summed E-state index contributed by atoms with van der Waals surface area (Å²) in [6.45, 7) is 5.84. The van der Waals surface area contributed by atoms with Crippen LogP contribution >= 0.6 is 11.6 Å². The van der Waals surface area contributed by atoms with E-state index in [4.69, 9.17) is 11.6 Å². The van der Waals surface area contributed by atoms with Crippen molar-refractivity contribution in [2.45, 2.75) is 27.2 Å². The van der Waals surface area contributed by atoms with E-state index in [1.165, 1.54) is 0 Å². The molecule has 0 saturated carbocycles. The fraction of sp³-hybridized carbons (Fsp3) is 0.417. The molecule has 0 heterocycles. The topological polar surface area (TPSA) is 17.1 Å². The molecule has 14 heavy (non-hydrogen) atoms. The summed E-state index contributed by atoms with van der Waals surface area (Å²) >= 11 is 5.97. The Morgan fingerprint density at radius 2 is 2.07 bits per heavy atom. The predicted octanol–water partition coefficient (Wildman–Crippen LogP) is 3.74. The second kappa shape index (κ2) is 4.61. The molecule has 0 amide bonds. The highest BCUT2D eigenvalue weighted by Crippen LogP contribution is 2.19. The van der Waals surface area contributed by atoms with Gasteiger partial charge < -0.3 is 0 Å². The molecule has 0 atom stereocenters. The number of rotatable bonds is 3. The van der Waals surface area contributed by atoms with Crippen LogP contribution in [0.3, 0.4) is 0 Å². The van der Waals surface area contributed by atoms with Crippen molar-refractivity contribution >= 4 is 17.4 Å². The third-order valence-electron chi connectivity index (χ3n) is 2.24. The molecular formula is C12H15ClO. The first kappa shape index (κ1) is 11.3. The SMILES string of the molecule is CCc1cc(C(=O)C(C)C)ccc1Cl. The largest absolute Gasteiger partial charge is 0.294 e. The number of halogens is 1. The number of Topliss-reactive ketones (excluding diaryl/α,β-unsaturated/α-hetero) is 1. The van der Waals surface area contributed by atoms with Crippen molar-refractivity contribution in [2.24, 2.45) is 5.92 Å². The van der Waals surface area contributed by atoms with Gasteiger partial charge in [0, 0.05) is 16.5 Å². The van der Waals surface area contributed by atoms with Gasteiger partial charge in [-0.15, -0.1) is 0 Å². The zero-order valence-electron chi connectivity index (χ0n) is 8.80. The fourth-order valence-corrected chi connectivity index (χ4v) is 1.58. The van der Waals surface area contributed by atoms with Crippen LogP contribution < -0.4 is 0 Å². The highest BCUT2D eigenvalue weighted by Gasteiger charge is 2.11. The molecule has 0 unspecified atom stereocenters. The van der Waals surface area contributed by atoms with Crippen LogP contribution in [0.4, 0.5) is 0 Å². The molecule has 1 aromatic carbocycles. The van der Waals surface area contributed by atoms with Crippen molar-refractivity contribution in [3.8, 4) is 0 Å². The minimum absolute atomic E-state index is 0.0425. The van der Waals surface area contributed by atoms with Gasteiger partial charge in [-0.25, -0.2) is 0 Å². The first-order valence-corrected chi connectivity index (χ1v) is 5.26. The van der Waals surface area contributed by atoms with Gasteiger partial charge in [-0.3, -0.25) is 4.79 Å². The molecule has 1 nitrogen and oxygen atoms in total. The monoisotopic (exact) mass is 210 g/mol. The van der Waals surface area contributed by atoms with E-state index in [0.29, 0.717) is 0 Å². The zero-order valence-corrected chi connectivity index (χ0v) is 9.56. The minimum atomic E-state index is 0.0425. The lowest BCUT2D eigenvalue weighted by Gasteiger charge is -2.07. The normalized spacial score (nSPS) is 10.6. The van der Waals surface area contributed by atoms with Crippen molar-refractivity contribution in [2.75, 3.05) is 0 Å². The Balaban J connectivity index is 3.06. The van der Waals surface area contributed by atoms with Crippen LogP contribution in [0.15, 0.2) is 18.2 Å². The number of carbonyl (C=O) groups is 1. The molecule has 2 heteroatoms. The van der Waals surface area contributed by atoms with E-state index in [9.17, 15) is 4.79 Å². The third kappa shape index (κ3) is 2.36. The van der Waals surface area contributed by atoms with Crippen molar-refractivity contribution in [3.05, 3.63) is 34.3 Å². The molecule has 0 bridgehead atoms. The Kier molecular flexibility index (Phi) is 3.70. The van der Waals surface area contributed by atoms with Crippen molar-refractivity contribution in [1.82, 2.24) is 0 Å². The van der Waals surface area contributed by atoms with E-state index in [0.717, 1.165) is 22.6 Å². The van der Waals surface area contributed by atoms with E-state index in [2.05, 4.69) is 0 Å². The second-order valence-corrected chi connectivity index (χ2v) is 4.09. The van der Waals surface area contributed by atoms with Crippen molar-refractivity contribution in [1.29, 1.82) is 0 Å². The van der Waals surface area contributed by atoms with E-state index in [1.807, 2.05) is 26.8 Å². The molecule has 1 rings (SSSR count). The quantitative estimate of drug-likeness (QED) is 0.695. The van der Waals surface area contributed by atoms with Gasteiger partial charge in [0.1, 0.15) is 0 Å². The van der Waals surface area contributed by atoms with Gasteiger partial charge in [-0.05, 0) is 30.2 Å². The summed E-state index contributed by atoms with van der Waals surface area (Å²) in [6.07, 6.45) is 0.859. The first-order valence-electron chi connectivity index (χ1n) is 4.89. The van der Waals surface area contributed by atoms with Gasteiger partial charge >= 0.3 is 0 Å². The fourth-order valence-electron chi connectivity index (χ4n) is 1.33. The summed E-state index contributed by atoms with van der Waals surface area (Å²) in [7, 11) is 0. The highest BCUT2D eigenvalue weighted by molar-refractivity contribution is 6.31. The van der Waals surface area contributed by atoms with Gasteiger partial charge in [-0.1, -0.05) is 32.4 Å². The molecule has 0 saturated heterocycles. The molecule has 0 spiro atoms. The molecule has 0 N–H and O–H groups in total. The van der Waals surface area contributed by atoms with Gasteiger partial charge in [0.2, 0.25) is 0 Å². The number of hydrogen-bond donors (Lipinski definition) is 0. The third-order valence-corrected chi connectivity index (χ3v) is 2.60. The molecule has 0 aromatic heterocycles. The summed E-state index contributed by atoms with van der Waals surface area (Å²) in [5.74, 6) is 0.220. The lowest BCUT2D eigenvalue weighted by atomic mass is 9.99. The summed E-state index contributed by atoms with van der Waals surface area (Å²) in [4.78, 5) is 11.7. The Morgan fingerprint density at radius 1 is 1.43 bits per heavy atom. The summed E-state index contributed by atoms with van der Waals surface area (Å²) in [5.41, 5.74) is 1.81. The number of carbonyl (C=O) groups excluding carboxylic acids is 1. The van der Waals surface area contributed by atoms with E-state index >= 15 is 0 Å².